The molecule has 0 aliphatic carbocycles. The van der Waals surface area contributed by atoms with E-state index in [2.05, 4.69) is 28.1 Å². The van der Waals surface area contributed by atoms with Crippen LogP contribution in [0.4, 0.5) is 0 Å². The molecule has 2 nitrogen and oxygen atoms in total. The summed E-state index contributed by atoms with van der Waals surface area (Å²) in [5.41, 5.74) is 1.27. The number of alkyl halides is 1. The molecule has 17 heavy (non-hydrogen) atoms. The van der Waals surface area contributed by atoms with Crippen LogP contribution in [0.15, 0.2) is 24.3 Å². The van der Waals surface area contributed by atoms with E-state index >= 15 is 0 Å². The lowest BCUT2D eigenvalue weighted by molar-refractivity contribution is 0.134. The van der Waals surface area contributed by atoms with Crippen LogP contribution in [0.2, 0.25) is 0 Å². The van der Waals surface area contributed by atoms with Gasteiger partial charge in [-0.3, -0.25) is 0 Å². The van der Waals surface area contributed by atoms with E-state index in [1.807, 2.05) is 19.1 Å². The number of hydrogen-bond acceptors (Lipinski definition) is 2. The van der Waals surface area contributed by atoms with Gasteiger partial charge < -0.3 is 9.47 Å². The van der Waals surface area contributed by atoms with Gasteiger partial charge in [-0.1, -0.05) is 34.1 Å². The molecule has 0 fully saturated rings. The summed E-state index contributed by atoms with van der Waals surface area (Å²) in [5.74, 6) is 1.58. The summed E-state index contributed by atoms with van der Waals surface area (Å²) in [4.78, 5) is 0. The highest BCUT2D eigenvalue weighted by atomic mass is 79.9. The van der Waals surface area contributed by atoms with Crippen LogP contribution in [0.25, 0.3) is 0 Å². The minimum atomic E-state index is 0.595. The summed E-state index contributed by atoms with van der Waals surface area (Å²) in [5, 5.41) is 0.998. The normalized spacial score (nSPS) is 12.4. The van der Waals surface area contributed by atoms with Crippen LogP contribution in [0.5, 0.6) is 5.75 Å². The molecule has 1 aromatic carbocycles. The zero-order valence-electron chi connectivity index (χ0n) is 10.6. The highest BCUT2D eigenvalue weighted by Gasteiger charge is 2.11. The maximum Gasteiger partial charge on any atom is 0.122 e. The number of benzene rings is 1. The summed E-state index contributed by atoms with van der Waals surface area (Å²) < 4.78 is 10.8. The van der Waals surface area contributed by atoms with Gasteiger partial charge in [-0.15, -0.1) is 0 Å². The SMILES string of the molecule is CCOCCC(CBr)Cc1ccccc1OC. The van der Waals surface area contributed by atoms with Crippen LogP contribution in [-0.2, 0) is 11.2 Å². The Morgan fingerprint density at radius 1 is 1.29 bits per heavy atom. The monoisotopic (exact) mass is 300 g/mol. The van der Waals surface area contributed by atoms with E-state index in [0.717, 1.165) is 37.1 Å². The van der Waals surface area contributed by atoms with Crippen LogP contribution >= 0.6 is 15.9 Å². The fourth-order valence-electron chi connectivity index (χ4n) is 1.81. The van der Waals surface area contributed by atoms with Gasteiger partial charge in [-0.05, 0) is 37.3 Å². The Morgan fingerprint density at radius 3 is 2.71 bits per heavy atom. The Hall–Kier alpha value is -0.540. The number of hydrogen-bond donors (Lipinski definition) is 0. The van der Waals surface area contributed by atoms with Crippen molar-refractivity contribution in [2.75, 3.05) is 25.7 Å². The molecular weight excluding hydrogens is 280 g/mol. The molecule has 96 valence electrons. The lowest BCUT2D eigenvalue weighted by atomic mass is 9.98. The number of rotatable bonds is 8. The van der Waals surface area contributed by atoms with E-state index in [-0.39, 0.29) is 0 Å². The highest BCUT2D eigenvalue weighted by Crippen LogP contribution is 2.23. The highest BCUT2D eigenvalue weighted by molar-refractivity contribution is 9.09. The quantitative estimate of drug-likeness (QED) is 0.539. The van der Waals surface area contributed by atoms with Gasteiger partial charge in [0.1, 0.15) is 5.75 Å². The zero-order valence-corrected chi connectivity index (χ0v) is 12.2. The van der Waals surface area contributed by atoms with Gasteiger partial charge in [0.05, 0.1) is 7.11 Å². The summed E-state index contributed by atoms with van der Waals surface area (Å²) >= 11 is 3.58. The molecule has 0 spiro atoms. The van der Waals surface area contributed by atoms with Crippen molar-refractivity contribution in [1.29, 1.82) is 0 Å². The fourth-order valence-corrected chi connectivity index (χ4v) is 2.36. The molecule has 1 unspecified atom stereocenters. The van der Waals surface area contributed by atoms with E-state index in [4.69, 9.17) is 9.47 Å². The van der Waals surface area contributed by atoms with Gasteiger partial charge in [-0.25, -0.2) is 0 Å². The molecule has 0 bridgehead atoms. The molecule has 0 N–H and O–H groups in total. The van der Waals surface area contributed by atoms with Crippen molar-refractivity contribution >= 4 is 15.9 Å². The predicted molar refractivity (Wildman–Crippen MR) is 75.1 cm³/mol. The maximum absolute atomic E-state index is 5.41. The number of halogens is 1. The second-order valence-corrected chi connectivity index (χ2v) is 4.67. The zero-order chi connectivity index (χ0) is 12.5. The average Bonchev–Trinajstić information content (AvgIpc) is 2.38. The smallest absolute Gasteiger partial charge is 0.122 e. The van der Waals surface area contributed by atoms with Crippen molar-refractivity contribution in [3.8, 4) is 5.75 Å². The molecular formula is C14H21BrO2. The first-order valence-electron chi connectivity index (χ1n) is 6.07. The van der Waals surface area contributed by atoms with E-state index in [0.29, 0.717) is 5.92 Å². The Bertz CT molecular complexity index is 315. The molecule has 0 saturated heterocycles. The van der Waals surface area contributed by atoms with Gasteiger partial charge in [0.2, 0.25) is 0 Å². The van der Waals surface area contributed by atoms with Gasteiger partial charge in [0.15, 0.2) is 0 Å². The lowest BCUT2D eigenvalue weighted by Crippen LogP contribution is -2.10. The van der Waals surface area contributed by atoms with Crippen LogP contribution in [0.1, 0.15) is 18.9 Å². The van der Waals surface area contributed by atoms with E-state index in [9.17, 15) is 0 Å². The van der Waals surface area contributed by atoms with Crippen molar-refractivity contribution in [2.45, 2.75) is 19.8 Å². The summed E-state index contributed by atoms with van der Waals surface area (Å²) in [6.07, 6.45) is 2.11. The first-order valence-corrected chi connectivity index (χ1v) is 7.19. The predicted octanol–water partition coefficient (Wildman–Crippen LogP) is 3.68. The van der Waals surface area contributed by atoms with Gasteiger partial charge in [0, 0.05) is 18.5 Å². The number of methoxy groups -OCH3 is 1. The van der Waals surface area contributed by atoms with Gasteiger partial charge >= 0.3 is 0 Å². The summed E-state index contributed by atoms with van der Waals surface area (Å²) in [7, 11) is 1.72. The van der Waals surface area contributed by atoms with E-state index in [1.165, 1.54) is 5.56 Å². The van der Waals surface area contributed by atoms with Gasteiger partial charge in [0.25, 0.3) is 0 Å². The van der Waals surface area contributed by atoms with Crippen LogP contribution in [0, 0.1) is 5.92 Å². The molecule has 0 saturated carbocycles. The van der Waals surface area contributed by atoms with Crippen LogP contribution < -0.4 is 4.74 Å². The van der Waals surface area contributed by atoms with Crippen molar-refractivity contribution in [2.24, 2.45) is 5.92 Å². The maximum atomic E-state index is 5.41. The lowest BCUT2D eigenvalue weighted by Gasteiger charge is -2.16. The second-order valence-electron chi connectivity index (χ2n) is 4.02. The molecule has 1 rings (SSSR count). The molecule has 0 radical (unpaired) electrons. The van der Waals surface area contributed by atoms with E-state index in [1.54, 1.807) is 7.11 Å². The summed E-state index contributed by atoms with van der Waals surface area (Å²) in [6, 6.07) is 8.22. The summed E-state index contributed by atoms with van der Waals surface area (Å²) in [6.45, 7) is 3.66. The second kappa shape index (κ2) is 8.54. The Balaban J connectivity index is 2.54. The van der Waals surface area contributed by atoms with Crippen LogP contribution in [-0.4, -0.2) is 25.7 Å². The van der Waals surface area contributed by atoms with Crippen molar-refractivity contribution in [3.63, 3.8) is 0 Å². The molecule has 0 aromatic heterocycles. The Labute approximate surface area is 112 Å². The third-order valence-electron chi connectivity index (χ3n) is 2.79. The van der Waals surface area contributed by atoms with Crippen LogP contribution in [0.3, 0.4) is 0 Å². The molecule has 0 heterocycles. The molecule has 0 aliphatic heterocycles. The number of para-hydroxylation sites is 1. The van der Waals surface area contributed by atoms with Crippen molar-refractivity contribution in [1.82, 2.24) is 0 Å². The number of ether oxygens (including phenoxy) is 2. The minimum Gasteiger partial charge on any atom is -0.496 e. The third-order valence-corrected chi connectivity index (χ3v) is 3.71. The standard InChI is InChI=1S/C14H21BrO2/c1-3-17-9-8-12(11-15)10-13-6-4-5-7-14(13)16-2/h4-7,12H,3,8-11H2,1-2H3. The van der Waals surface area contributed by atoms with Crippen molar-refractivity contribution in [3.05, 3.63) is 29.8 Å². The van der Waals surface area contributed by atoms with Crippen molar-refractivity contribution < 1.29 is 9.47 Å². The molecule has 1 atom stereocenters. The van der Waals surface area contributed by atoms with Gasteiger partial charge in [-0.2, -0.15) is 0 Å². The topological polar surface area (TPSA) is 18.5 Å². The fraction of sp³-hybridized carbons (Fsp3) is 0.571. The van der Waals surface area contributed by atoms with E-state index < -0.39 is 0 Å². The Kier molecular flexibility index (Phi) is 7.29. The third kappa shape index (κ3) is 5.09. The first-order chi connectivity index (χ1) is 8.31. The molecule has 1 aromatic rings. The molecule has 0 amide bonds. The average molecular weight is 301 g/mol. The Morgan fingerprint density at radius 2 is 2.06 bits per heavy atom. The first kappa shape index (κ1) is 14.5. The minimum absolute atomic E-state index is 0.595. The largest absolute Gasteiger partial charge is 0.496 e. The molecule has 3 heteroatoms. The molecule has 0 aliphatic rings.